The van der Waals surface area contributed by atoms with E-state index < -0.39 is 11.9 Å². The predicted molar refractivity (Wildman–Crippen MR) is 86.0 cm³/mol. The minimum atomic E-state index is -1.07. The number of benzene rings is 2. The van der Waals surface area contributed by atoms with Gasteiger partial charge in [0.2, 0.25) is 0 Å². The number of fused-ring (bicyclic) bond motifs is 1. The zero-order chi connectivity index (χ0) is 17.3. The zero-order valence-electron chi connectivity index (χ0n) is 12.4. The molecule has 0 radical (unpaired) electrons. The van der Waals surface area contributed by atoms with Gasteiger partial charge in [-0.15, -0.1) is 0 Å². The lowest BCUT2D eigenvalue weighted by atomic mass is 10.0. The van der Waals surface area contributed by atoms with Crippen LogP contribution in [0.5, 0.6) is 0 Å². The van der Waals surface area contributed by atoms with E-state index in [4.69, 9.17) is 16.1 Å². The van der Waals surface area contributed by atoms with Crippen molar-refractivity contribution in [2.75, 3.05) is 0 Å². The van der Waals surface area contributed by atoms with Crippen LogP contribution in [0.4, 0.5) is 0 Å². The first-order valence-corrected chi connectivity index (χ1v) is 7.02. The van der Waals surface area contributed by atoms with E-state index in [0.717, 1.165) is 11.1 Å². The molecule has 0 fully saturated rings. The van der Waals surface area contributed by atoms with Crippen molar-refractivity contribution in [3.8, 4) is 17.2 Å². The summed E-state index contributed by atoms with van der Waals surface area (Å²) in [5.74, 6) is -1.80. The number of rotatable bonds is 4. The number of nitrogens with two attached hydrogens (primary N) is 1. The van der Waals surface area contributed by atoms with E-state index >= 15 is 0 Å². The van der Waals surface area contributed by atoms with Gasteiger partial charge in [0.05, 0.1) is 17.1 Å². The number of carboxylic acids is 1. The molecule has 0 bridgehead atoms. The number of hydrogen-bond donors (Lipinski definition) is 2. The fourth-order valence-electron chi connectivity index (χ4n) is 2.56. The molecule has 1 heterocycles. The minimum Gasteiger partial charge on any atom is -0.480 e. The third kappa shape index (κ3) is 2.68. The number of nitriles is 1. The average molecular weight is 320 g/mol. The van der Waals surface area contributed by atoms with Crippen molar-refractivity contribution >= 4 is 22.8 Å². The maximum atomic E-state index is 11.6. The van der Waals surface area contributed by atoms with Crippen LogP contribution >= 0.6 is 0 Å². The molecule has 3 rings (SSSR count). The molecule has 7 heteroatoms. The van der Waals surface area contributed by atoms with Gasteiger partial charge in [0.15, 0.2) is 5.69 Å². The second kappa shape index (κ2) is 5.85. The molecule has 0 aliphatic rings. The van der Waals surface area contributed by atoms with E-state index in [1.54, 1.807) is 36.4 Å². The first kappa shape index (κ1) is 15.2. The fourth-order valence-corrected chi connectivity index (χ4v) is 2.56. The Balaban J connectivity index is 2.20. The summed E-state index contributed by atoms with van der Waals surface area (Å²) < 4.78 is 1.23. The summed E-state index contributed by atoms with van der Waals surface area (Å²) in [6.45, 7) is -0.368. The Morgan fingerprint density at radius 3 is 2.62 bits per heavy atom. The highest BCUT2D eigenvalue weighted by Crippen LogP contribution is 2.27. The third-order valence-corrected chi connectivity index (χ3v) is 3.59. The second-order valence-corrected chi connectivity index (χ2v) is 5.19. The molecule has 3 aromatic rings. The third-order valence-electron chi connectivity index (χ3n) is 3.59. The van der Waals surface area contributed by atoms with Crippen molar-refractivity contribution in [1.82, 2.24) is 9.78 Å². The van der Waals surface area contributed by atoms with Crippen LogP contribution in [-0.4, -0.2) is 26.8 Å². The van der Waals surface area contributed by atoms with Crippen LogP contribution < -0.4 is 5.73 Å². The average Bonchev–Trinajstić information content (AvgIpc) is 2.92. The summed E-state index contributed by atoms with van der Waals surface area (Å²) in [7, 11) is 0. The number of hydrogen-bond acceptors (Lipinski definition) is 4. The summed E-state index contributed by atoms with van der Waals surface area (Å²) >= 11 is 0. The Bertz CT molecular complexity index is 1010. The maximum absolute atomic E-state index is 11.6. The van der Waals surface area contributed by atoms with Crippen molar-refractivity contribution in [2.45, 2.75) is 6.54 Å². The molecule has 3 N–H and O–H groups in total. The summed E-state index contributed by atoms with van der Waals surface area (Å²) in [6.07, 6.45) is 0. The molecule has 0 saturated heterocycles. The van der Waals surface area contributed by atoms with Crippen LogP contribution in [0.3, 0.4) is 0 Å². The van der Waals surface area contributed by atoms with Gasteiger partial charge in [-0.25, -0.2) is 0 Å². The molecule has 0 aliphatic heterocycles. The van der Waals surface area contributed by atoms with Gasteiger partial charge in [0.25, 0.3) is 5.91 Å². The number of carbonyl (C=O) groups is 2. The Hall–Kier alpha value is -3.66. The standard InChI is InChI=1S/C17H12N4O3/c18-8-10-2-1-3-11(6-10)12-4-5-14-13(7-12)16(17(19)24)20-21(14)9-15(22)23/h1-7H,9H2,(H2,19,24)(H,22,23). The maximum Gasteiger partial charge on any atom is 0.325 e. The number of primary amides is 1. The molecule has 0 atom stereocenters. The van der Waals surface area contributed by atoms with E-state index in [1.807, 2.05) is 6.07 Å². The van der Waals surface area contributed by atoms with E-state index in [-0.39, 0.29) is 12.2 Å². The smallest absolute Gasteiger partial charge is 0.325 e. The molecule has 0 saturated carbocycles. The largest absolute Gasteiger partial charge is 0.480 e. The molecule has 2 aromatic carbocycles. The quantitative estimate of drug-likeness (QED) is 0.758. The lowest BCUT2D eigenvalue weighted by Gasteiger charge is -2.04. The Morgan fingerprint density at radius 2 is 1.96 bits per heavy atom. The number of carboxylic acid groups (broad SMARTS) is 1. The van der Waals surface area contributed by atoms with Crippen LogP contribution in [0.2, 0.25) is 0 Å². The van der Waals surface area contributed by atoms with Gasteiger partial charge in [0.1, 0.15) is 6.54 Å². The van der Waals surface area contributed by atoms with E-state index in [2.05, 4.69) is 11.2 Å². The van der Waals surface area contributed by atoms with E-state index in [0.29, 0.717) is 16.5 Å². The van der Waals surface area contributed by atoms with Crippen molar-refractivity contribution in [3.63, 3.8) is 0 Å². The van der Waals surface area contributed by atoms with Gasteiger partial charge in [-0.3, -0.25) is 14.3 Å². The minimum absolute atomic E-state index is 0.0181. The second-order valence-electron chi connectivity index (χ2n) is 5.19. The van der Waals surface area contributed by atoms with Crippen LogP contribution in [0.25, 0.3) is 22.0 Å². The number of nitrogens with zero attached hydrogens (tertiary/aromatic N) is 3. The van der Waals surface area contributed by atoms with Crippen LogP contribution in [-0.2, 0) is 11.3 Å². The molecular formula is C17H12N4O3. The van der Waals surface area contributed by atoms with Crippen LogP contribution in [0.15, 0.2) is 42.5 Å². The number of aliphatic carboxylic acids is 1. The van der Waals surface area contributed by atoms with Crippen LogP contribution in [0.1, 0.15) is 16.1 Å². The summed E-state index contributed by atoms with van der Waals surface area (Å²) in [5.41, 5.74) is 7.97. The molecule has 1 amide bonds. The monoisotopic (exact) mass is 320 g/mol. The first-order valence-electron chi connectivity index (χ1n) is 7.02. The highest BCUT2D eigenvalue weighted by atomic mass is 16.4. The Kier molecular flexibility index (Phi) is 3.72. The highest BCUT2D eigenvalue weighted by Gasteiger charge is 2.17. The summed E-state index contributed by atoms with van der Waals surface area (Å²) in [6, 6.07) is 14.3. The molecular weight excluding hydrogens is 308 g/mol. The van der Waals surface area contributed by atoms with E-state index in [1.165, 1.54) is 4.68 Å². The Morgan fingerprint density at radius 1 is 1.21 bits per heavy atom. The number of amides is 1. The van der Waals surface area contributed by atoms with Gasteiger partial charge >= 0.3 is 5.97 Å². The summed E-state index contributed by atoms with van der Waals surface area (Å²) in [4.78, 5) is 22.6. The molecule has 1 aromatic heterocycles. The van der Waals surface area contributed by atoms with Crippen LogP contribution in [0, 0.1) is 11.3 Å². The van der Waals surface area contributed by atoms with Crippen molar-refractivity contribution in [2.24, 2.45) is 5.73 Å². The molecule has 0 aliphatic carbocycles. The molecule has 0 spiro atoms. The molecule has 0 unspecified atom stereocenters. The van der Waals surface area contributed by atoms with Gasteiger partial charge in [-0.2, -0.15) is 10.4 Å². The molecule has 7 nitrogen and oxygen atoms in total. The van der Waals surface area contributed by atoms with Gasteiger partial charge in [-0.05, 0) is 35.4 Å². The highest BCUT2D eigenvalue weighted by molar-refractivity contribution is 6.05. The predicted octanol–water partition coefficient (Wildman–Crippen LogP) is 1.76. The first-order chi connectivity index (χ1) is 11.5. The van der Waals surface area contributed by atoms with E-state index in [9.17, 15) is 9.59 Å². The topological polar surface area (TPSA) is 122 Å². The number of aromatic nitrogens is 2. The molecule has 118 valence electrons. The zero-order valence-corrected chi connectivity index (χ0v) is 12.4. The fraction of sp³-hybridized carbons (Fsp3) is 0.0588. The Labute approximate surface area is 136 Å². The van der Waals surface area contributed by atoms with Gasteiger partial charge in [0, 0.05) is 5.39 Å². The van der Waals surface area contributed by atoms with Gasteiger partial charge < -0.3 is 10.8 Å². The van der Waals surface area contributed by atoms with Gasteiger partial charge in [-0.1, -0.05) is 18.2 Å². The number of carbonyl (C=O) groups excluding carboxylic acids is 1. The van der Waals surface area contributed by atoms with Crippen molar-refractivity contribution in [1.29, 1.82) is 5.26 Å². The van der Waals surface area contributed by atoms with Crippen molar-refractivity contribution in [3.05, 3.63) is 53.7 Å². The SMILES string of the molecule is N#Cc1cccc(-c2ccc3c(c2)c(C(N)=O)nn3CC(=O)O)c1. The normalized spacial score (nSPS) is 10.5. The molecule has 24 heavy (non-hydrogen) atoms. The van der Waals surface area contributed by atoms with Crippen molar-refractivity contribution < 1.29 is 14.7 Å². The lowest BCUT2D eigenvalue weighted by molar-refractivity contribution is -0.137. The summed E-state index contributed by atoms with van der Waals surface area (Å²) in [5, 5.41) is 22.4. The lowest BCUT2D eigenvalue weighted by Crippen LogP contribution is -2.14.